The number of ketones is 1. The van der Waals surface area contributed by atoms with Crippen molar-refractivity contribution in [2.24, 2.45) is 0 Å². The van der Waals surface area contributed by atoms with Crippen molar-refractivity contribution >= 4 is 17.4 Å². The van der Waals surface area contributed by atoms with Crippen LogP contribution in [-0.4, -0.2) is 30.9 Å². The normalized spacial score (nSPS) is 21.8. The number of nitrogens with zero attached hydrogens (tertiary/aromatic N) is 1. The molecule has 1 amide bonds. The van der Waals surface area contributed by atoms with Crippen LogP contribution in [0, 0.1) is 0 Å². The van der Waals surface area contributed by atoms with Gasteiger partial charge in [-0.25, -0.2) is 0 Å². The second kappa shape index (κ2) is 3.80. The number of benzene rings is 1. The first kappa shape index (κ1) is 12.2. The summed E-state index contributed by atoms with van der Waals surface area (Å²) in [4.78, 5) is 24.6. The lowest BCUT2D eigenvalue weighted by molar-refractivity contribution is -0.137. The smallest absolute Gasteiger partial charge is 0.371 e. The quantitative estimate of drug-likeness (QED) is 0.607. The molecule has 19 heavy (non-hydrogen) atoms. The summed E-state index contributed by atoms with van der Waals surface area (Å²) in [5.74, 6) is -1.70. The zero-order chi connectivity index (χ0) is 13.8. The van der Waals surface area contributed by atoms with Gasteiger partial charge in [-0.05, 0) is 18.2 Å². The van der Waals surface area contributed by atoms with Gasteiger partial charge in [0.05, 0.1) is 36.1 Å². The van der Waals surface area contributed by atoms with E-state index in [-0.39, 0.29) is 23.9 Å². The van der Waals surface area contributed by atoms with E-state index in [0.29, 0.717) is 6.61 Å². The first-order chi connectivity index (χ1) is 8.88. The van der Waals surface area contributed by atoms with E-state index >= 15 is 0 Å². The van der Waals surface area contributed by atoms with Crippen molar-refractivity contribution in [1.29, 1.82) is 0 Å². The minimum absolute atomic E-state index is 0.134. The topological polar surface area (TPSA) is 49.9 Å². The molecular formula is C12H8F3NO3. The minimum atomic E-state index is -4.54. The number of epoxide rings is 1. The molecule has 2 aliphatic heterocycles. The predicted octanol–water partition coefficient (Wildman–Crippen LogP) is 1.63. The number of alkyl halides is 3. The Kier molecular flexibility index (Phi) is 2.43. The molecule has 2 aliphatic rings. The van der Waals surface area contributed by atoms with Crippen LogP contribution in [-0.2, 0) is 15.7 Å². The Morgan fingerprint density at radius 3 is 2.58 bits per heavy atom. The number of anilines is 1. The summed E-state index contributed by atoms with van der Waals surface area (Å²) < 4.78 is 42.7. The van der Waals surface area contributed by atoms with E-state index in [0.717, 1.165) is 18.2 Å². The Balaban J connectivity index is 2.01. The number of ether oxygens (including phenoxy) is 1. The highest BCUT2D eigenvalue weighted by atomic mass is 19.4. The van der Waals surface area contributed by atoms with Crippen LogP contribution < -0.4 is 4.90 Å². The van der Waals surface area contributed by atoms with Gasteiger partial charge in [-0.15, -0.1) is 0 Å². The molecule has 1 fully saturated rings. The second-order valence-corrected chi connectivity index (χ2v) is 4.43. The summed E-state index contributed by atoms with van der Waals surface area (Å²) >= 11 is 0. The monoisotopic (exact) mass is 271 g/mol. The lowest BCUT2D eigenvalue weighted by atomic mass is 10.1. The van der Waals surface area contributed by atoms with Gasteiger partial charge in [0.15, 0.2) is 0 Å². The molecule has 0 N–H and O–H groups in total. The molecule has 100 valence electrons. The lowest BCUT2D eigenvalue weighted by Crippen LogP contribution is -2.33. The zero-order valence-corrected chi connectivity index (χ0v) is 9.53. The van der Waals surface area contributed by atoms with Gasteiger partial charge in [0, 0.05) is 0 Å². The van der Waals surface area contributed by atoms with Gasteiger partial charge in [-0.2, -0.15) is 13.2 Å². The van der Waals surface area contributed by atoms with Crippen molar-refractivity contribution in [3.8, 4) is 0 Å². The molecule has 0 aromatic heterocycles. The van der Waals surface area contributed by atoms with Gasteiger partial charge < -0.3 is 9.64 Å². The lowest BCUT2D eigenvalue weighted by Gasteiger charge is -2.15. The van der Waals surface area contributed by atoms with Crippen molar-refractivity contribution in [3.05, 3.63) is 29.3 Å². The fraction of sp³-hybridized carbons (Fsp3) is 0.333. The van der Waals surface area contributed by atoms with Crippen LogP contribution in [0.4, 0.5) is 18.9 Å². The van der Waals surface area contributed by atoms with E-state index in [4.69, 9.17) is 4.74 Å². The maximum atomic E-state index is 12.6. The van der Waals surface area contributed by atoms with E-state index in [1.54, 1.807) is 0 Å². The first-order valence-corrected chi connectivity index (χ1v) is 5.57. The van der Waals surface area contributed by atoms with Gasteiger partial charge >= 0.3 is 6.18 Å². The van der Waals surface area contributed by atoms with Gasteiger partial charge in [0.1, 0.15) is 0 Å². The Morgan fingerprint density at radius 1 is 1.32 bits per heavy atom. The highest BCUT2D eigenvalue weighted by Gasteiger charge is 2.41. The van der Waals surface area contributed by atoms with Crippen LogP contribution in [0.1, 0.15) is 15.9 Å². The number of fused-ring (bicyclic) bond motifs is 1. The van der Waals surface area contributed by atoms with Gasteiger partial charge in [-0.3, -0.25) is 9.59 Å². The van der Waals surface area contributed by atoms with E-state index in [9.17, 15) is 22.8 Å². The summed E-state index contributed by atoms with van der Waals surface area (Å²) in [6.07, 6.45) is -4.67. The predicted molar refractivity (Wildman–Crippen MR) is 57.9 cm³/mol. The third-order valence-electron chi connectivity index (χ3n) is 3.09. The number of amides is 1. The molecule has 0 bridgehead atoms. The van der Waals surface area contributed by atoms with Crippen LogP contribution in [0.5, 0.6) is 0 Å². The standard InChI is InChI=1S/C12H8F3NO3/c13-12(14,15)6-1-2-9-8(3-6)10(17)11(18)16(9)4-7-5-19-7/h1-3,7H,4-5H2. The summed E-state index contributed by atoms with van der Waals surface area (Å²) in [5.41, 5.74) is -0.907. The molecule has 1 saturated heterocycles. The van der Waals surface area contributed by atoms with Crippen molar-refractivity contribution in [2.45, 2.75) is 12.3 Å². The molecule has 3 rings (SSSR count). The molecular weight excluding hydrogens is 263 g/mol. The number of carbonyl (C=O) groups is 2. The highest BCUT2D eigenvalue weighted by Crippen LogP contribution is 2.36. The third kappa shape index (κ3) is 1.99. The Hall–Kier alpha value is -1.89. The van der Waals surface area contributed by atoms with E-state index in [2.05, 4.69) is 0 Å². The van der Waals surface area contributed by atoms with Gasteiger partial charge in [0.25, 0.3) is 11.7 Å². The number of hydrogen-bond donors (Lipinski definition) is 0. The molecule has 0 aliphatic carbocycles. The van der Waals surface area contributed by atoms with Crippen LogP contribution in [0.2, 0.25) is 0 Å². The van der Waals surface area contributed by atoms with Crippen molar-refractivity contribution in [1.82, 2.24) is 0 Å². The highest BCUT2D eigenvalue weighted by molar-refractivity contribution is 6.52. The summed E-state index contributed by atoms with van der Waals surface area (Å²) in [7, 11) is 0. The molecule has 1 unspecified atom stereocenters. The number of hydrogen-bond acceptors (Lipinski definition) is 3. The van der Waals surface area contributed by atoms with Crippen molar-refractivity contribution in [2.75, 3.05) is 18.1 Å². The van der Waals surface area contributed by atoms with Crippen LogP contribution >= 0.6 is 0 Å². The van der Waals surface area contributed by atoms with Crippen LogP contribution in [0.15, 0.2) is 18.2 Å². The van der Waals surface area contributed by atoms with Crippen LogP contribution in [0.3, 0.4) is 0 Å². The fourth-order valence-electron chi connectivity index (χ4n) is 2.04. The Morgan fingerprint density at radius 2 is 2.00 bits per heavy atom. The molecule has 7 heteroatoms. The molecule has 4 nitrogen and oxygen atoms in total. The molecule has 0 spiro atoms. The molecule has 1 aromatic rings. The van der Waals surface area contributed by atoms with Crippen LogP contribution in [0.25, 0.3) is 0 Å². The SMILES string of the molecule is O=C1C(=O)N(CC2CO2)c2ccc(C(F)(F)F)cc21. The molecule has 0 saturated carbocycles. The van der Waals surface area contributed by atoms with Crippen molar-refractivity contribution < 1.29 is 27.5 Å². The first-order valence-electron chi connectivity index (χ1n) is 5.57. The van der Waals surface area contributed by atoms with Gasteiger partial charge in [-0.1, -0.05) is 0 Å². The van der Waals surface area contributed by atoms with E-state index < -0.39 is 23.4 Å². The molecule has 1 aromatic carbocycles. The number of rotatable bonds is 2. The number of Topliss-reactive ketones (excluding diaryl/α,β-unsaturated/α-hetero) is 1. The Bertz CT molecular complexity index is 578. The van der Waals surface area contributed by atoms with Crippen molar-refractivity contribution in [3.63, 3.8) is 0 Å². The van der Waals surface area contributed by atoms with Gasteiger partial charge in [0.2, 0.25) is 0 Å². The summed E-state index contributed by atoms with van der Waals surface area (Å²) in [6, 6.07) is 2.75. The maximum Gasteiger partial charge on any atom is 0.416 e. The third-order valence-corrected chi connectivity index (χ3v) is 3.09. The molecule has 0 radical (unpaired) electrons. The number of carbonyl (C=O) groups excluding carboxylic acids is 2. The Labute approximate surface area is 105 Å². The zero-order valence-electron chi connectivity index (χ0n) is 9.53. The minimum Gasteiger partial charge on any atom is -0.371 e. The second-order valence-electron chi connectivity index (χ2n) is 4.43. The molecule has 1 atom stereocenters. The summed E-state index contributed by atoms with van der Waals surface area (Å²) in [5, 5.41) is 0. The number of halogens is 3. The average Bonchev–Trinajstić information content (AvgIpc) is 3.12. The maximum absolute atomic E-state index is 12.6. The summed E-state index contributed by atoms with van der Waals surface area (Å²) in [6.45, 7) is 0.691. The van der Waals surface area contributed by atoms with E-state index in [1.807, 2.05) is 0 Å². The largest absolute Gasteiger partial charge is 0.416 e. The average molecular weight is 271 g/mol. The van der Waals surface area contributed by atoms with E-state index in [1.165, 1.54) is 4.90 Å². The molecule has 2 heterocycles. The fourth-order valence-corrected chi connectivity index (χ4v) is 2.04.